The molecule has 100 valence electrons. The van der Waals surface area contributed by atoms with Crippen LogP contribution in [-0.2, 0) is 0 Å². The average molecular weight is 252 g/mol. The van der Waals surface area contributed by atoms with Gasteiger partial charge in [-0.1, -0.05) is 13.8 Å². The van der Waals surface area contributed by atoms with Crippen LogP contribution in [0.4, 0.5) is 11.4 Å². The van der Waals surface area contributed by atoms with E-state index in [1.807, 2.05) is 32.0 Å². The number of methoxy groups -OCH3 is 1. The molecular formula is C13H22N3O2+. The van der Waals surface area contributed by atoms with Crippen molar-refractivity contribution in [2.45, 2.75) is 13.8 Å². The Morgan fingerprint density at radius 3 is 2.44 bits per heavy atom. The van der Waals surface area contributed by atoms with Crippen LogP contribution in [0.2, 0.25) is 0 Å². The van der Waals surface area contributed by atoms with Crippen molar-refractivity contribution in [3.8, 4) is 5.75 Å². The maximum atomic E-state index is 11.1. The Morgan fingerprint density at radius 1 is 1.28 bits per heavy atom. The third-order valence-electron chi connectivity index (χ3n) is 2.82. The molecule has 0 aromatic heterocycles. The fraction of sp³-hybridized carbons (Fsp3) is 0.538. The highest BCUT2D eigenvalue weighted by molar-refractivity contribution is 5.62. The van der Waals surface area contributed by atoms with E-state index in [1.54, 1.807) is 7.11 Å². The van der Waals surface area contributed by atoms with Gasteiger partial charge in [-0.05, 0) is 12.1 Å². The van der Waals surface area contributed by atoms with E-state index in [0.29, 0.717) is 24.5 Å². The predicted molar refractivity (Wildman–Crippen MR) is 74.3 cm³/mol. The van der Waals surface area contributed by atoms with Gasteiger partial charge in [0.2, 0.25) is 13.1 Å². The Morgan fingerprint density at radius 2 is 1.89 bits per heavy atom. The van der Waals surface area contributed by atoms with Gasteiger partial charge in [-0.15, -0.1) is 0 Å². The summed E-state index contributed by atoms with van der Waals surface area (Å²) in [5.41, 5.74) is 7.44. The summed E-state index contributed by atoms with van der Waals surface area (Å²) < 4.78 is 6.26. The smallest absolute Gasteiger partial charge is 0.209 e. The maximum Gasteiger partial charge on any atom is 0.209 e. The second-order valence-electron chi connectivity index (χ2n) is 3.84. The Bertz CT molecular complexity index is 397. The maximum absolute atomic E-state index is 11.1. The lowest BCUT2D eigenvalue weighted by Gasteiger charge is -2.25. The first-order valence-corrected chi connectivity index (χ1v) is 6.31. The lowest BCUT2D eigenvalue weighted by molar-refractivity contribution is -0.550. The van der Waals surface area contributed by atoms with Gasteiger partial charge in [0.15, 0.2) is 0 Å². The van der Waals surface area contributed by atoms with Gasteiger partial charge in [0.05, 0.1) is 25.9 Å². The molecule has 1 fully saturated rings. The molecule has 5 heteroatoms. The van der Waals surface area contributed by atoms with Crippen molar-refractivity contribution in [1.29, 1.82) is 0 Å². The first-order valence-electron chi connectivity index (χ1n) is 6.31. The highest BCUT2D eigenvalue weighted by atomic mass is 16.5. The Hall–Kier alpha value is -1.78. The summed E-state index contributed by atoms with van der Waals surface area (Å²) in [5, 5.41) is 0. The fourth-order valence-electron chi connectivity index (χ4n) is 1.84. The van der Waals surface area contributed by atoms with Crippen LogP contribution in [0.1, 0.15) is 13.8 Å². The number of piperazine rings is 1. The Kier molecular flexibility index (Phi) is 5.42. The van der Waals surface area contributed by atoms with Gasteiger partial charge >= 0.3 is 0 Å². The summed E-state index contributed by atoms with van der Waals surface area (Å²) in [4.78, 5) is 13.2. The van der Waals surface area contributed by atoms with Gasteiger partial charge < -0.3 is 15.4 Å². The van der Waals surface area contributed by atoms with Gasteiger partial charge in [-0.3, -0.25) is 0 Å². The SMILES string of the molecule is CC.COc1cc(N2CC[N+](=O)CC2)ccc1N. The molecular weight excluding hydrogens is 230 g/mol. The molecule has 1 aromatic rings. The van der Waals surface area contributed by atoms with E-state index in [-0.39, 0.29) is 0 Å². The van der Waals surface area contributed by atoms with E-state index in [9.17, 15) is 4.91 Å². The van der Waals surface area contributed by atoms with E-state index in [1.165, 1.54) is 0 Å². The van der Waals surface area contributed by atoms with Crippen LogP contribution in [0, 0.1) is 4.91 Å². The quantitative estimate of drug-likeness (QED) is 0.645. The van der Waals surface area contributed by atoms with Crippen LogP contribution in [0.3, 0.4) is 0 Å². The molecule has 0 radical (unpaired) electrons. The number of nitrogen functional groups attached to an aromatic ring is 1. The molecule has 0 amide bonds. The molecule has 1 aliphatic rings. The molecule has 1 saturated heterocycles. The number of hydrogen-bond donors (Lipinski definition) is 1. The number of anilines is 2. The van der Waals surface area contributed by atoms with Crippen molar-refractivity contribution < 1.29 is 9.50 Å². The molecule has 5 nitrogen and oxygen atoms in total. The lowest BCUT2D eigenvalue weighted by atomic mass is 10.2. The molecule has 1 aromatic carbocycles. The zero-order valence-electron chi connectivity index (χ0n) is 11.3. The summed E-state index contributed by atoms with van der Waals surface area (Å²) in [5.74, 6) is 0.682. The van der Waals surface area contributed by atoms with Crippen LogP contribution in [0.5, 0.6) is 5.75 Å². The second-order valence-corrected chi connectivity index (χ2v) is 3.84. The number of nitrogens with two attached hydrogens (primary N) is 1. The number of ether oxygens (including phenoxy) is 1. The molecule has 0 saturated carbocycles. The van der Waals surface area contributed by atoms with E-state index in [2.05, 4.69) is 4.90 Å². The van der Waals surface area contributed by atoms with E-state index in [4.69, 9.17) is 10.5 Å². The summed E-state index contributed by atoms with van der Waals surface area (Å²) in [7, 11) is 1.60. The van der Waals surface area contributed by atoms with E-state index in [0.717, 1.165) is 23.5 Å². The molecule has 0 bridgehead atoms. The third kappa shape index (κ3) is 3.35. The lowest BCUT2D eigenvalue weighted by Crippen LogP contribution is -2.41. The van der Waals surface area contributed by atoms with Crippen molar-refractivity contribution in [1.82, 2.24) is 0 Å². The van der Waals surface area contributed by atoms with Crippen LogP contribution in [-0.4, -0.2) is 38.0 Å². The number of nitrogens with zero attached hydrogens (tertiary/aromatic N) is 2. The summed E-state index contributed by atoms with van der Waals surface area (Å²) >= 11 is 0. The van der Waals surface area contributed by atoms with E-state index < -0.39 is 0 Å². The second kappa shape index (κ2) is 6.83. The van der Waals surface area contributed by atoms with Crippen molar-refractivity contribution in [3.63, 3.8) is 0 Å². The first kappa shape index (κ1) is 14.3. The van der Waals surface area contributed by atoms with Gasteiger partial charge in [-0.25, -0.2) is 0 Å². The van der Waals surface area contributed by atoms with Gasteiger partial charge in [0, 0.05) is 21.4 Å². The van der Waals surface area contributed by atoms with E-state index >= 15 is 0 Å². The van der Waals surface area contributed by atoms with Gasteiger partial charge in [-0.2, -0.15) is 0 Å². The monoisotopic (exact) mass is 252 g/mol. The molecule has 2 N–H and O–H groups in total. The highest BCUT2D eigenvalue weighted by Gasteiger charge is 2.21. The van der Waals surface area contributed by atoms with Crippen molar-refractivity contribution >= 4 is 11.4 Å². The fourth-order valence-corrected chi connectivity index (χ4v) is 1.84. The summed E-state index contributed by atoms with van der Waals surface area (Å²) in [6, 6.07) is 5.70. The molecule has 1 heterocycles. The van der Waals surface area contributed by atoms with Crippen molar-refractivity contribution in [2.24, 2.45) is 0 Å². The standard InChI is InChI=1S/C11H16N3O2.C2H6/c1-16-11-8-9(2-3-10(11)12)13-4-6-14(15)7-5-13;1-2/h2-3,8H,4-7,12H2,1H3;1-2H3/q+1;. The molecule has 0 unspecified atom stereocenters. The number of nitroso groups, excluding NO2 is 1. The molecule has 0 atom stereocenters. The normalized spacial score (nSPS) is 14.8. The first-order chi connectivity index (χ1) is 8.70. The van der Waals surface area contributed by atoms with Gasteiger partial charge in [0.25, 0.3) is 0 Å². The largest absolute Gasteiger partial charge is 0.495 e. The highest BCUT2D eigenvalue weighted by Crippen LogP contribution is 2.27. The summed E-state index contributed by atoms with van der Waals surface area (Å²) in [6.07, 6.45) is 0. The van der Waals surface area contributed by atoms with Crippen LogP contribution >= 0.6 is 0 Å². The van der Waals surface area contributed by atoms with Crippen LogP contribution in [0.15, 0.2) is 18.2 Å². The average Bonchev–Trinajstić information content (AvgIpc) is 2.43. The molecule has 0 aliphatic carbocycles. The predicted octanol–water partition coefficient (Wildman–Crippen LogP) is 1.90. The number of hydrogen-bond acceptors (Lipinski definition) is 4. The minimum Gasteiger partial charge on any atom is -0.495 e. The van der Waals surface area contributed by atoms with Crippen molar-refractivity contribution in [2.75, 3.05) is 43.9 Å². The molecule has 2 rings (SSSR count). The number of benzene rings is 1. The topological polar surface area (TPSA) is 58.6 Å². The molecule has 18 heavy (non-hydrogen) atoms. The minimum absolute atomic E-state index is 0.548. The van der Waals surface area contributed by atoms with Gasteiger partial charge in [0.1, 0.15) is 5.75 Å². The zero-order valence-corrected chi connectivity index (χ0v) is 11.3. The summed E-state index contributed by atoms with van der Waals surface area (Å²) in [6.45, 7) is 6.59. The van der Waals surface area contributed by atoms with Crippen molar-refractivity contribution in [3.05, 3.63) is 23.1 Å². The van der Waals surface area contributed by atoms with Crippen LogP contribution < -0.4 is 15.4 Å². The Labute approximate surface area is 108 Å². The number of rotatable bonds is 2. The minimum atomic E-state index is 0.548. The van der Waals surface area contributed by atoms with Crippen LogP contribution in [0.25, 0.3) is 0 Å². The molecule has 0 spiro atoms. The third-order valence-corrected chi connectivity index (χ3v) is 2.82. The Balaban J connectivity index is 0.000000771. The molecule has 1 aliphatic heterocycles. The zero-order chi connectivity index (χ0) is 13.5.